The second-order valence-corrected chi connectivity index (χ2v) is 7.08. The maximum absolute atomic E-state index is 12.8. The largest absolute Gasteiger partial charge is 0.475 e. The number of hydrogen-bond donors (Lipinski definition) is 3. The number of hydrogen-bond acceptors (Lipinski definition) is 3. The standard InChI is InChI=1S/C20H24BNO3/c1-14-8-9-16(15(2)12-14)13-18(21(24)25)22-19(23)20(10-11-20)17-6-4-3-5-7-17/h3-9,12,18,24-25H,10-11,13H2,1-2H3,(H,22,23)/t18-/m0/s1. The summed E-state index contributed by atoms with van der Waals surface area (Å²) in [7, 11) is -1.60. The Kier molecular flexibility index (Phi) is 4.97. The molecule has 1 fully saturated rings. The van der Waals surface area contributed by atoms with Crippen molar-refractivity contribution in [3.05, 3.63) is 70.8 Å². The third kappa shape index (κ3) is 3.78. The van der Waals surface area contributed by atoms with Crippen molar-refractivity contribution in [2.75, 3.05) is 0 Å². The Hall–Kier alpha value is -2.11. The molecule has 2 aromatic carbocycles. The molecule has 1 aliphatic carbocycles. The smallest absolute Gasteiger partial charge is 0.426 e. The van der Waals surface area contributed by atoms with Crippen LogP contribution in [0.2, 0.25) is 0 Å². The molecule has 1 saturated carbocycles. The summed E-state index contributed by atoms with van der Waals surface area (Å²) >= 11 is 0. The third-order valence-electron chi connectivity index (χ3n) is 5.13. The molecule has 130 valence electrons. The Morgan fingerprint density at radius 1 is 1.16 bits per heavy atom. The van der Waals surface area contributed by atoms with Gasteiger partial charge in [-0.05, 0) is 49.8 Å². The topological polar surface area (TPSA) is 69.6 Å². The lowest BCUT2D eigenvalue weighted by atomic mass is 9.74. The predicted octanol–water partition coefficient (Wildman–Crippen LogP) is 2.07. The van der Waals surface area contributed by atoms with E-state index in [-0.39, 0.29) is 5.91 Å². The Morgan fingerprint density at radius 2 is 1.84 bits per heavy atom. The van der Waals surface area contributed by atoms with Crippen LogP contribution in [0.3, 0.4) is 0 Å². The van der Waals surface area contributed by atoms with Crippen molar-refractivity contribution in [3.63, 3.8) is 0 Å². The molecule has 1 atom stereocenters. The zero-order chi connectivity index (χ0) is 18.0. The lowest BCUT2D eigenvalue weighted by molar-refractivity contribution is -0.124. The van der Waals surface area contributed by atoms with E-state index >= 15 is 0 Å². The predicted molar refractivity (Wildman–Crippen MR) is 99.1 cm³/mol. The summed E-state index contributed by atoms with van der Waals surface area (Å²) in [5, 5.41) is 22.4. The van der Waals surface area contributed by atoms with Gasteiger partial charge in [0.15, 0.2) is 0 Å². The molecule has 1 amide bonds. The quantitative estimate of drug-likeness (QED) is 0.707. The summed E-state index contributed by atoms with van der Waals surface area (Å²) in [6, 6.07) is 15.7. The first-order valence-electron chi connectivity index (χ1n) is 8.71. The van der Waals surface area contributed by atoms with E-state index < -0.39 is 18.5 Å². The normalized spacial score (nSPS) is 16.2. The van der Waals surface area contributed by atoms with Gasteiger partial charge in [-0.2, -0.15) is 0 Å². The fourth-order valence-electron chi connectivity index (χ4n) is 3.38. The maximum atomic E-state index is 12.8. The van der Waals surface area contributed by atoms with E-state index in [2.05, 4.69) is 11.4 Å². The molecule has 3 rings (SSSR count). The van der Waals surface area contributed by atoms with Crippen molar-refractivity contribution in [2.45, 2.75) is 44.5 Å². The van der Waals surface area contributed by atoms with Crippen LogP contribution >= 0.6 is 0 Å². The van der Waals surface area contributed by atoms with Crippen LogP contribution in [0.5, 0.6) is 0 Å². The second kappa shape index (κ2) is 7.02. The minimum absolute atomic E-state index is 0.124. The van der Waals surface area contributed by atoms with Crippen LogP contribution in [-0.2, 0) is 16.6 Å². The molecule has 1 aliphatic rings. The summed E-state index contributed by atoms with van der Waals surface area (Å²) in [5.41, 5.74) is 3.73. The first-order chi connectivity index (χ1) is 11.9. The molecule has 25 heavy (non-hydrogen) atoms. The Balaban J connectivity index is 1.75. The van der Waals surface area contributed by atoms with Gasteiger partial charge in [0.25, 0.3) is 0 Å². The molecule has 2 aromatic rings. The summed E-state index contributed by atoms with van der Waals surface area (Å²) < 4.78 is 0. The van der Waals surface area contributed by atoms with Gasteiger partial charge < -0.3 is 15.4 Å². The molecule has 0 radical (unpaired) electrons. The highest BCUT2D eigenvalue weighted by atomic mass is 16.4. The van der Waals surface area contributed by atoms with Crippen LogP contribution < -0.4 is 5.32 Å². The zero-order valence-corrected chi connectivity index (χ0v) is 14.7. The molecule has 0 aromatic heterocycles. The van der Waals surface area contributed by atoms with E-state index in [0.717, 1.165) is 35.1 Å². The van der Waals surface area contributed by atoms with E-state index in [1.165, 1.54) is 0 Å². The summed E-state index contributed by atoms with van der Waals surface area (Å²) in [4.78, 5) is 12.8. The number of carbonyl (C=O) groups is 1. The van der Waals surface area contributed by atoms with E-state index in [1.807, 2.05) is 56.3 Å². The average Bonchev–Trinajstić information content (AvgIpc) is 3.39. The van der Waals surface area contributed by atoms with Crippen LogP contribution in [0.25, 0.3) is 0 Å². The van der Waals surface area contributed by atoms with Crippen molar-refractivity contribution in [1.82, 2.24) is 5.32 Å². The maximum Gasteiger partial charge on any atom is 0.475 e. The van der Waals surface area contributed by atoms with Gasteiger partial charge in [0.1, 0.15) is 0 Å². The first kappa shape index (κ1) is 17.7. The minimum atomic E-state index is -1.60. The molecular weight excluding hydrogens is 313 g/mol. The molecular formula is C20H24BNO3. The highest BCUT2D eigenvalue weighted by molar-refractivity contribution is 6.43. The molecule has 4 nitrogen and oxygen atoms in total. The van der Waals surface area contributed by atoms with Crippen LogP contribution in [0.1, 0.15) is 35.1 Å². The van der Waals surface area contributed by atoms with Crippen LogP contribution in [0.4, 0.5) is 0 Å². The Bertz CT molecular complexity index is 757. The van der Waals surface area contributed by atoms with Gasteiger partial charge in [-0.3, -0.25) is 4.79 Å². The second-order valence-electron chi connectivity index (χ2n) is 7.08. The zero-order valence-electron chi connectivity index (χ0n) is 14.7. The van der Waals surface area contributed by atoms with Crippen LogP contribution in [0.15, 0.2) is 48.5 Å². The minimum Gasteiger partial charge on any atom is -0.426 e. The van der Waals surface area contributed by atoms with Gasteiger partial charge in [0.05, 0.1) is 11.4 Å². The van der Waals surface area contributed by atoms with Crippen LogP contribution in [0, 0.1) is 13.8 Å². The van der Waals surface area contributed by atoms with Crippen molar-refractivity contribution < 1.29 is 14.8 Å². The van der Waals surface area contributed by atoms with Gasteiger partial charge >= 0.3 is 7.12 Å². The highest BCUT2D eigenvalue weighted by Crippen LogP contribution is 2.48. The highest BCUT2D eigenvalue weighted by Gasteiger charge is 2.52. The Labute approximate surface area is 149 Å². The summed E-state index contributed by atoms with van der Waals surface area (Å²) in [5.74, 6) is -0.850. The first-order valence-corrected chi connectivity index (χ1v) is 8.71. The molecule has 0 heterocycles. The van der Waals surface area contributed by atoms with E-state index in [0.29, 0.717) is 6.42 Å². The molecule has 0 spiro atoms. The molecule has 0 saturated heterocycles. The number of rotatable bonds is 6. The number of nitrogens with one attached hydrogen (secondary N) is 1. The summed E-state index contributed by atoms with van der Waals surface area (Å²) in [6.07, 6.45) is 1.97. The van der Waals surface area contributed by atoms with E-state index in [4.69, 9.17) is 0 Å². The number of aryl methyl sites for hydroxylation is 2. The van der Waals surface area contributed by atoms with Gasteiger partial charge in [-0.25, -0.2) is 0 Å². The third-order valence-corrected chi connectivity index (χ3v) is 5.13. The fourth-order valence-corrected chi connectivity index (χ4v) is 3.38. The molecule has 0 aliphatic heterocycles. The molecule has 5 heteroatoms. The van der Waals surface area contributed by atoms with Gasteiger partial charge in [-0.15, -0.1) is 0 Å². The van der Waals surface area contributed by atoms with Crippen LogP contribution in [-0.4, -0.2) is 29.0 Å². The Morgan fingerprint density at radius 3 is 2.40 bits per heavy atom. The summed E-state index contributed by atoms with van der Waals surface area (Å²) in [6.45, 7) is 4.02. The number of carbonyl (C=O) groups excluding carboxylic acids is 1. The molecule has 0 bridgehead atoms. The van der Waals surface area contributed by atoms with E-state index in [1.54, 1.807) is 0 Å². The lowest BCUT2D eigenvalue weighted by Crippen LogP contribution is -2.51. The average molecular weight is 337 g/mol. The van der Waals surface area contributed by atoms with Crippen molar-refractivity contribution >= 4 is 13.0 Å². The van der Waals surface area contributed by atoms with Crippen molar-refractivity contribution in [2.24, 2.45) is 0 Å². The molecule has 3 N–H and O–H groups in total. The lowest BCUT2D eigenvalue weighted by Gasteiger charge is -2.23. The fraction of sp³-hybridized carbons (Fsp3) is 0.350. The van der Waals surface area contributed by atoms with Crippen molar-refractivity contribution in [3.8, 4) is 0 Å². The van der Waals surface area contributed by atoms with Gasteiger partial charge in [0, 0.05) is 0 Å². The van der Waals surface area contributed by atoms with E-state index in [9.17, 15) is 14.8 Å². The van der Waals surface area contributed by atoms with Crippen molar-refractivity contribution in [1.29, 1.82) is 0 Å². The monoisotopic (exact) mass is 337 g/mol. The van der Waals surface area contributed by atoms with Gasteiger partial charge in [-0.1, -0.05) is 54.1 Å². The van der Waals surface area contributed by atoms with Gasteiger partial charge in [0.2, 0.25) is 5.91 Å². The number of benzene rings is 2. The number of amides is 1. The SMILES string of the molecule is Cc1ccc(C[C@H](NC(=O)C2(c3ccccc3)CC2)B(O)O)c(C)c1. The molecule has 0 unspecified atom stereocenters.